The zero-order valence-corrected chi connectivity index (χ0v) is 17.1. The summed E-state index contributed by atoms with van der Waals surface area (Å²) in [5.41, 5.74) is 4.01. The Morgan fingerprint density at radius 3 is 2.62 bits per heavy atom. The first-order valence-corrected chi connectivity index (χ1v) is 10.7. The first-order chi connectivity index (χ1) is 14.2. The number of rotatable bonds is 13. The minimum Gasteiger partial charge on any atom is -0.506 e. The molecule has 156 valence electrons. The third-order valence-electron chi connectivity index (χ3n) is 5.33. The van der Waals surface area contributed by atoms with Gasteiger partial charge in [-0.2, -0.15) is 0 Å². The van der Waals surface area contributed by atoms with E-state index in [0.717, 1.165) is 63.1 Å². The quantitative estimate of drug-likeness (QED) is 0.355. The molecule has 0 fully saturated rings. The zero-order valence-electron chi connectivity index (χ0n) is 17.1. The minimum absolute atomic E-state index is 0.0419. The van der Waals surface area contributed by atoms with Gasteiger partial charge in [-0.3, -0.25) is 4.79 Å². The maximum atomic E-state index is 11.6. The number of carbonyl (C=O) groups is 1. The van der Waals surface area contributed by atoms with Crippen LogP contribution in [-0.4, -0.2) is 37.3 Å². The van der Waals surface area contributed by atoms with Crippen LogP contribution in [0.4, 0.5) is 5.69 Å². The van der Waals surface area contributed by atoms with Crippen LogP contribution in [0.25, 0.3) is 0 Å². The Morgan fingerprint density at radius 2 is 1.76 bits per heavy atom. The predicted octanol–water partition coefficient (Wildman–Crippen LogP) is 3.84. The molecule has 29 heavy (non-hydrogen) atoms. The number of aromatic hydroxyl groups is 1. The van der Waals surface area contributed by atoms with Crippen LogP contribution >= 0.6 is 0 Å². The Morgan fingerprint density at radius 1 is 0.931 bits per heavy atom. The van der Waals surface area contributed by atoms with E-state index in [1.54, 1.807) is 6.07 Å². The SMILES string of the molecule is O=C1Cc2c(CCNCCCCCCOCCc3ccccc3)ccc(O)c2N1. The van der Waals surface area contributed by atoms with Gasteiger partial charge in [0.15, 0.2) is 0 Å². The molecule has 3 N–H and O–H groups in total. The number of carbonyl (C=O) groups excluding carboxylic acids is 1. The molecule has 0 saturated carbocycles. The Labute approximate surface area is 173 Å². The topological polar surface area (TPSA) is 70.6 Å². The molecule has 0 bridgehead atoms. The van der Waals surface area contributed by atoms with Crippen molar-refractivity contribution in [2.24, 2.45) is 0 Å². The van der Waals surface area contributed by atoms with Crippen molar-refractivity contribution in [1.29, 1.82) is 0 Å². The number of phenols is 1. The van der Waals surface area contributed by atoms with Gasteiger partial charge >= 0.3 is 0 Å². The number of unbranched alkanes of at least 4 members (excludes halogenated alkanes) is 3. The molecule has 0 radical (unpaired) electrons. The van der Waals surface area contributed by atoms with Gasteiger partial charge < -0.3 is 20.5 Å². The maximum Gasteiger partial charge on any atom is 0.228 e. The summed E-state index contributed by atoms with van der Waals surface area (Å²) in [4.78, 5) is 11.6. The Balaban J connectivity index is 1.17. The normalized spacial score (nSPS) is 12.8. The third-order valence-corrected chi connectivity index (χ3v) is 5.33. The van der Waals surface area contributed by atoms with Crippen LogP contribution in [0.3, 0.4) is 0 Å². The van der Waals surface area contributed by atoms with Crippen LogP contribution in [-0.2, 0) is 28.8 Å². The fourth-order valence-electron chi connectivity index (χ4n) is 3.69. The molecule has 0 aromatic heterocycles. The lowest BCUT2D eigenvalue weighted by Gasteiger charge is -2.10. The van der Waals surface area contributed by atoms with Gasteiger partial charge in [0, 0.05) is 6.61 Å². The van der Waals surface area contributed by atoms with E-state index in [9.17, 15) is 9.90 Å². The monoisotopic (exact) mass is 396 g/mol. The summed E-state index contributed by atoms with van der Waals surface area (Å²) in [6.07, 6.45) is 6.92. The number of hydrogen-bond acceptors (Lipinski definition) is 4. The highest BCUT2D eigenvalue weighted by Crippen LogP contribution is 2.34. The summed E-state index contributed by atoms with van der Waals surface area (Å²) in [5, 5.41) is 16.1. The predicted molar refractivity (Wildman–Crippen MR) is 116 cm³/mol. The van der Waals surface area contributed by atoms with Crippen LogP contribution in [0.2, 0.25) is 0 Å². The molecule has 0 unspecified atom stereocenters. The summed E-state index contributed by atoms with van der Waals surface area (Å²) >= 11 is 0. The molecule has 1 aliphatic rings. The highest BCUT2D eigenvalue weighted by atomic mass is 16.5. The second-order valence-corrected chi connectivity index (χ2v) is 7.58. The van der Waals surface area contributed by atoms with Crippen molar-refractivity contribution in [3.8, 4) is 5.75 Å². The lowest BCUT2D eigenvalue weighted by atomic mass is 10.0. The summed E-state index contributed by atoms with van der Waals surface area (Å²) in [6, 6.07) is 14.1. The second-order valence-electron chi connectivity index (χ2n) is 7.58. The van der Waals surface area contributed by atoms with Crippen molar-refractivity contribution in [3.63, 3.8) is 0 Å². The zero-order chi connectivity index (χ0) is 20.3. The molecule has 5 heteroatoms. The third kappa shape index (κ3) is 6.87. The van der Waals surface area contributed by atoms with Crippen LogP contribution in [0.1, 0.15) is 42.4 Å². The molecule has 2 aromatic rings. The molecule has 0 atom stereocenters. The molecule has 1 aliphatic heterocycles. The summed E-state index contributed by atoms with van der Waals surface area (Å²) < 4.78 is 5.72. The van der Waals surface area contributed by atoms with Crippen LogP contribution in [0.5, 0.6) is 5.75 Å². The highest BCUT2D eigenvalue weighted by molar-refractivity contribution is 6.01. The Kier molecular flexibility index (Phi) is 8.53. The van der Waals surface area contributed by atoms with E-state index in [1.807, 2.05) is 12.1 Å². The van der Waals surface area contributed by atoms with E-state index < -0.39 is 0 Å². The average molecular weight is 397 g/mol. The maximum absolute atomic E-state index is 11.6. The van der Waals surface area contributed by atoms with Crippen molar-refractivity contribution in [2.75, 3.05) is 31.6 Å². The summed E-state index contributed by atoms with van der Waals surface area (Å²) in [6.45, 7) is 3.53. The Bertz CT molecular complexity index is 777. The van der Waals surface area contributed by atoms with Gasteiger partial charge in [-0.1, -0.05) is 49.2 Å². The lowest BCUT2D eigenvalue weighted by Crippen LogP contribution is -2.19. The smallest absolute Gasteiger partial charge is 0.228 e. The first kappa shape index (κ1) is 21.3. The molecular weight excluding hydrogens is 364 g/mol. The number of benzene rings is 2. The number of phenolic OH excluding ortho intramolecular Hbond substituents is 1. The van der Waals surface area contributed by atoms with E-state index in [2.05, 4.69) is 34.9 Å². The van der Waals surface area contributed by atoms with Crippen molar-refractivity contribution in [1.82, 2.24) is 5.32 Å². The van der Waals surface area contributed by atoms with E-state index in [-0.39, 0.29) is 11.7 Å². The summed E-state index contributed by atoms with van der Waals surface area (Å²) in [7, 11) is 0. The van der Waals surface area contributed by atoms with E-state index in [0.29, 0.717) is 12.1 Å². The van der Waals surface area contributed by atoms with Gasteiger partial charge in [0.1, 0.15) is 5.75 Å². The van der Waals surface area contributed by atoms with Crippen LogP contribution < -0.4 is 10.6 Å². The van der Waals surface area contributed by atoms with E-state index in [1.165, 1.54) is 18.4 Å². The molecule has 0 saturated heterocycles. The lowest BCUT2D eigenvalue weighted by molar-refractivity contribution is -0.115. The van der Waals surface area contributed by atoms with Gasteiger partial charge in [0.05, 0.1) is 18.7 Å². The van der Waals surface area contributed by atoms with Crippen molar-refractivity contribution in [2.45, 2.75) is 44.9 Å². The molecule has 0 spiro atoms. The van der Waals surface area contributed by atoms with Gasteiger partial charge in [-0.25, -0.2) is 0 Å². The van der Waals surface area contributed by atoms with Crippen molar-refractivity contribution < 1.29 is 14.6 Å². The largest absolute Gasteiger partial charge is 0.506 e. The number of fused-ring (bicyclic) bond motifs is 1. The second kappa shape index (κ2) is 11.6. The Hall–Kier alpha value is -2.37. The molecule has 1 heterocycles. The van der Waals surface area contributed by atoms with Gasteiger partial charge in [-0.05, 0) is 61.5 Å². The van der Waals surface area contributed by atoms with Gasteiger partial charge in [0.25, 0.3) is 0 Å². The summed E-state index contributed by atoms with van der Waals surface area (Å²) in [5.74, 6) is 0.117. The number of hydrogen-bond donors (Lipinski definition) is 3. The number of nitrogens with one attached hydrogen (secondary N) is 2. The number of ether oxygens (including phenoxy) is 1. The first-order valence-electron chi connectivity index (χ1n) is 10.7. The molecule has 2 aromatic carbocycles. The molecular formula is C24H32N2O3. The van der Waals surface area contributed by atoms with E-state index in [4.69, 9.17) is 4.74 Å². The van der Waals surface area contributed by atoms with Gasteiger partial charge in [-0.15, -0.1) is 0 Å². The van der Waals surface area contributed by atoms with Crippen molar-refractivity contribution >= 4 is 11.6 Å². The van der Waals surface area contributed by atoms with E-state index >= 15 is 0 Å². The number of amides is 1. The van der Waals surface area contributed by atoms with Crippen LogP contribution in [0.15, 0.2) is 42.5 Å². The molecule has 3 rings (SSSR count). The highest BCUT2D eigenvalue weighted by Gasteiger charge is 2.23. The fraction of sp³-hybridized carbons (Fsp3) is 0.458. The van der Waals surface area contributed by atoms with Crippen molar-refractivity contribution in [3.05, 3.63) is 59.2 Å². The molecule has 0 aliphatic carbocycles. The minimum atomic E-state index is -0.0419. The standard InChI is InChI=1S/C24H32N2O3/c27-22-11-10-20(21-18-23(28)26-24(21)22)12-15-25-14-6-1-2-7-16-29-17-13-19-8-4-3-5-9-19/h3-5,8-11,25,27H,1-2,6-7,12-18H2,(H,26,28). The van der Waals surface area contributed by atoms with Crippen LogP contribution in [0, 0.1) is 0 Å². The molecule has 5 nitrogen and oxygen atoms in total. The number of anilines is 1. The fourth-order valence-corrected chi connectivity index (χ4v) is 3.69. The van der Waals surface area contributed by atoms with Gasteiger partial charge in [0.2, 0.25) is 5.91 Å². The molecule has 1 amide bonds. The average Bonchev–Trinajstić information content (AvgIpc) is 3.13.